The van der Waals surface area contributed by atoms with Crippen LogP contribution in [0.2, 0.25) is 0 Å². The molecule has 6 atom stereocenters. The largest absolute Gasteiger partial charge is 0.385 e. The standard InChI is InChI=1S/C23H32O4.CH4.3H2S/c1-15(2)22(24)9-6-17-16-4-8-20-14-21(25-12-13-26-21)10-11-23(20,27-20)18(16)5-7-19(17,22)3;;;;/h5,16-17,24H,1,4,6-14H2,2-3H3;1H4;3*1H2/t16-,17-,19-,20+,22+,23+;;;;/m0..../s1. The summed E-state index contributed by atoms with van der Waals surface area (Å²) in [6.45, 7) is 9.89. The SMILES string of the molecule is C.C=C(C)[C@]1(O)CC[C@H]2[C@@H]3CC[C@@]45CC6(CC[C@@]4(O5)C3=CC[C@@]21C)OCCO6.S.S.S. The molecule has 2 saturated heterocycles. The average Bonchev–Trinajstić information content (AvgIpc) is 2.97. The van der Waals surface area contributed by atoms with Gasteiger partial charge in [0, 0.05) is 18.3 Å². The van der Waals surface area contributed by atoms with Gasteiger partial charge in [0.25, 0.3) is 0 Å². The second-order valence-electron chi connectivity index (χ2n) is 10.4. The fraction of sp³-hybridized carbons (Fsp3) is 0.833. The topological polar surface area (TPSA) is 51.2 Å². The molecule has 1 N–H and O–H groups in total. The second kappa shape index (κ2) is 8.24. The van der Waals surface area contributed by atoms with Crippen molar-refractivity contribution < 1.29 is 19.3 Å². The van der Waals surface area contributed by atoms with E-state index in [1.807, 2.05) is 6.92 Å². The van der Waals surface area contributed by atoms with E-state index < -0.39 is 5.60 Å². The number of epoxide rings is 1. The number of ether oxygens (including phenoxy) is 3. The molecule has 31 heavy (non-hydrogen) atoms. The van der Waals surface area contributed by atoms with E-state index in [-0.39, 0.29) is 70.3 Å². The molecule has 0 radical (unpaired) electrons. The van der Waals surface area contributed by atoms with Crippen LogP contribution >= 0.6 is 40.5 Å². The maximum Gasteiger partial charge on any atom is 0.171 e. The van der Waals surface area contributed by atoms with Gasteiger partial charge in [0.15, 0.2) is 5.79 Å². The third-order valence-corrected chi connectivity index (χ3v) is 9.53. The minimum Gasteiger partial charge on any atom is -0.385 e. The van der Waals surface area contributed by atoms with Crippen molar-refractivity contribution in [2.75, 3.05) is 13.2 Å². The first-order valence-corrected chi connectivity index (χ1v) is 10.9. The van der Waals surface area contributed by atoms with Crippen LogP contribution in [-0.4, -0.2) is 40.9 Å². The van der Waals surface area contributed by atoms with E-state index in [1.54, 1.807) is 5.57 Å². The number of hydrogen-bond donors (Lipinski definition) is 1. The lowest BCUT2D eigenvalue weighted by Crippen LogP contribution is -2.54. The number of hydrogen-bond acceptors (Lipinski definition) is 4. The van der Waals surface area contributed by atoms with Crippen LogP contribution in [0.15, 0.2) is 23.8 Å². The molecule has 2 aliphatic heterocycles. The molecule has 4 nitrogen and oxygen atoms in total. The molecule has 1 spiro atoms. The molecule has 0 aromatic heterocycles. The van der Waals surface area contributed by atoms with Crippen LogP contribution in [0.25, 0.3) is 0 Å². The maximum absolute atomic E-state index is 11.5. The third kappa shape index (κ3) is 3.13. The summed E-state index contributed by atoms with van der Waals surface area (Å²) in [5.74, 6) is 0.697. The second-order valence-corrected chi connectivity index (χ2v) is 10.4. The zero-order valence-electron chi connectivity index (χ0n) is 18.2. The Bertz CT molecular complexity index is 766. The lowest BCUT2D eigenvalue weighted by atomic mass is 9.52. The number of aliphatic hydroxyl groups is 1. The molecule has 6 aliphatic rings. The summed E-state index contributed by atoms with van der Waals surface area (Å²) in [7, 11) is 0. The minimum atomic E-state index is -0.724. The van der Waals surface area contributed by atoms with E-state index >= 15 is 0 Å². The Morgan fingerprint density at radius 2 is 1.74 bits per heavy atom. The first-order valence-electron chi connectivity index (χ1n) is 10.9. The molecule has 7 heteroatoms. The predicted octanol–water partition coefficient (Wildman–Crippen LogP) is 4.86. The molecular formula is C24H42O4S3. The van der Waals surface area contributed by atoms with Gasteiger partial charge in [0.05, 0.1) is 18.8 Å². The van der Waals surface area contributed by atoms with Crippen molar-refractivity contribution in [3.8, 4) is 0 Å². The molecule has 3 saturated carbocycles. The normalized spacial score (nSPS) is 47.5. The lowest BCUT2D eigenvalue weighted by Gasteiger charge is -2.52. The molecule has 0 bridgehead atoms. The summed E-state index contributed by atoms with van der Waals surface area (Å²) < 4.78 is 18.7. The predicted molar refractivity (Wildman–Crippen MR) is 139 cm³/mol. The van der Waals surface area contributed by atoms with Crippen LogP contribution in [0.4, 0.5) is 0 Å². The summed E-state index contributed by atoms with van der Waals surface area (Å²) in [6, 6.07) is 0. The highest BCUT2D eigenvalue weighted by Crippen LogP contribution is 2.74. The Morgan fingerprint density at radius 1 is 1.06 bits per heavy atom. The zero-order valence-corrected chi connectivity index (χ0v) is 21.2. The summed E-state index contributed by atoms with van der Waals surface area (Å²) in [5.41, 5.74) is 1.54. The Kier molecular flexibility index (Phi) is 7.34. The summed E-state index contributed by atoms with van der Waals surface area (Å²) in [4.78, 5) is 0. The van der Waals surface area contributed by atoms with Crippen molar-refractivity contribution in [2.24, 2.45) is 17.3 Å². The van der Waals surface area contributed by atoms with Crippen LogP contribution in [0, 0.1) is 17.3 Å². The van der Waals surface area contributed by atoms with E-state index in [2.05, 4.69) is 19.6 Å². The van der Waals surface area contributed by atoms with E-state index in [0.717, 1.165) is 56.9 Å². The average molecular weight is 491 g/mol. The quantitative estimate of drug-likeness (QED) is 0.421. The Morgan fingerprint density at radius 3 is 2.39 bits per heavy atom. The highest BCUT2D eigenvalue weighted by Gasteiger charge is 2.79. The van der Waals surface area contributed by atoms with Gasteiger partial charge in [-0.3, -0.25) is 0 Å². The molecule has 4 aliphatic carbocycles. The van der Waals surface area contributed by atoms with Gasteiger partial charge in [0.1, 0.15) is 11.2 Å². The molecule has 2 heterocycles. The van der Waals surface area contributed by atoms with Gasteiger partial charge >= 0.3 is 0 Å². The highest BCUT2D eigenvalue weighted by atomic mass is 32.1. The zero-order chi connectivity index (χ0) is 18.7. The van der Waals surface area contributed by atoms with Gasteiger partial charge in [-0.25, -0.2) is 0 Å². The van der Waals surface area contributed by atoms with Crippen molar-refractivity contribution in [3.63, 3.8) is 0 Å². The van der Waals surface area contributed by atoms with Gasteiger partial charge in [-0.15, -0.1) is 0 Å². The van der Waals surface area contributed by atoms with Gasteiger partial charge in [-0.1, -0.05) is 27.0 Å². The summed E-state index contributed by atoms with van der Waals surface area (Å²) in [6.07, 6.45) is 10.5. The Hall–Kier alpha value is 0.370. The van der Waals surface area contributed by atoms with Crippen LogP contribution in [0.3, 0.4) is 0 Å². The Balaban J connectivity index is 0.000000853. The van der Waals surface area contributed by atoms with Crippen LogP contribution in [-0.2, 0) is 14.2 Å². The number of rotatable bonds is 1. The first kappa shape index (κ1) is 27.6. The van der Waals surface area contributed by atoms with Crippen molar-refractivity contribution in [3.05, 3.63) is 23.8 Å². The van der Waals surface area contributed by atoms with Gasteiger partial charge in [0.2, 0.25) is 0 Å². The third-order valence-electron chi connectivity index (χ3n) is 9.53. The van der Waals surface area contributed by atoms with Crippen LogP contribution in [0.1, 0.15) is 72.6 Å². The molecule has 0 aromatic rings. The van der Waals surface area contributed by atoms with Crippen molar-refractivity contribution >= 4 is 40.5 Å². The van der Waals surface area contributed by atoms with Crippen LogP contribution < -0.4 is 0 Å². The van der Waals surface area contributed by atoms with Crippen molar-refractivity contribution in [1.29, 1.82) is 0 Å². The minimum absolute atomic E-state index is 0. The molecule has 180 valence electrons. The highest BCUT2D eigenvalue weighted by molar-refractivity contribution is 7.59. The lowest BCUT2D eigenvalue weighted by molar-refractivity contribution is -0.185. The van der Waals surface area contributed by atoms with Crippen LogP contribution in [0.5, 0.6) is 0 Å². The maximum atomic E-state index is 11.5. The summed E-state index contributed by atoms with van der Waals surface area (Å²) in [5, 5.41) is 11.5. The smallest absolute Gasteiger partial charge is 0.171 e. The summed E-state index contributed by atoms with van der Waals surface area (Å²) >= 11 is 0. The van der Waals surface area contributed by atoms with Crippen molar-refractivity contribution in [2.45, 2.75) is 95.2 Å². The number of fused-ring (bicyclic) bond motifs is 3. The molecule has 6 rings (SSSR count). The molecule has 5 fully saturated rings. The van der Waals surface area contributed by atoms with E-state index in [1.165, 1.54) is 0 Å². The molecular weight excluding hydrogens is 448 g/mol. The molecule has 0 aromatic carbocycles. The van der Waals surface area contributed by atoms with E-state index in [0.29, 0.717) is 25.0 Å². The van der Waals surface area contributed by atoms with E-state index in [9.17, 15) is 5.11 Å². The first-order chi connectivity index (χ1) is 12.8. The Labute approximate surface area is 208 Å². The molecule has 0 amide bonds. The number of allylic oxidation sites excluding steroid dienone is 1. The van der Waals surface area contributed by atoms with Gasteiger partial charge < -0.3 is 19.3 Å². The molecule has 0 unspecified atom stereocenters. The van der Waals surface area contributed by atoms with E-state index in [4.69, 9.17) is 14.2 Å². The fourth-order valence-corrected chi connectivity index (χ4v) is 8.05. The monoisotopic (exact) mass is 490 g/mol. The fourth-order valence-electron chi connectivity index (χ4n) is 8.05. The van der Waals surface area contributed by atoms with Crippen molar-refractivity contribution in [1.82, 2.24) is 0 Å². The van der Waals surface area contributed by atoms with Gasteiger partial charge in [-0.2, -0.15) is 40.5 Å². The van der Waals surface area contributed by atoms with Gasteiger partial charge in [-0.05, 0) is 68.4 Å².